The summed E-state index contributed by atoms with van der Waals surface area (Å²) >= 11 is 3.20. The van der Waals surface area contributed by atoms with Gasteiger partial charge >= 0.3 is 5.97 Å². The molecule has 0 radical (unpaired) electrons. The molecule has 5 nitrogen and oxygen atoms in total. The van der Waals surface area contributed by atoms with Crippen molar-refractivity contribution >= 4 is 39.8 Å². The SMILES string of the molecule is O=C(/C=C\c1cc(Br)ccc1F)OCC(=O)N1CCCC1=O. The van der Waals surface area contributed by atoms with Crippen LogP contribution in [0.2, 0.25) is 0 Å². The van der Waals surface area contributed by atoms with Crippen molar-refractivity contribution in [3.05, 3.63) is 40.1 Å². The van der Waals surface area contributed by atoms with Crippen LogP contribution in [0.15, 0.2) is 28.7 Å². The molecule has 0 N–H and O–H groups in total. The van der Waals surface area contributed by atoms with Gasteiger partial charge in [-0.15, -0.1) is 0 Å². The molecule has 1 saturated heterocycles. The molecule has 0 saturated carbocycles. The van der Waals surface area contributed by atoms with Gasteiger partial charge < -0.3 is 4.74 Å². The largest absolute Gasteiger partial charge is 0.452 e. The first kappa shape index (κ1) is 16.4. The number of halogens is 2. The van der Waals surface area contributed by atoms with Gasteiger partial charge in [-0.1, -0.05) is 15.9 Å². The van der Waals surface area contributed by atoms with E-state index in [0.29, 0.717) is 23.9 Å². The Bertz CT molecular complexity index is 644. The molecule has 0 bridgehead atoms. The zero-order valence-electron chi connectivity index (χ0n) is 11.6. The summed E-state index contributed by atoms with van der Waals surface area (Å²) < 4.78 is 18.9. The van der Waals surface area contributed by atoms with Crippen molar-refractivity contribution in [2.24, 2.45) is 0 Å². The van der Waals surface area contributed by atoms with Gasteiger partial charge in [0.2, 0.25) is 5.91 Å². The molecule has 0 aromatic heterocycles. The van der Waals surface area contributed by atoms with Gasteiger partial charge in [0.25, 0.3) is 5.91 Å². The summed E-state index contributed by atoms with van der Waals surface area (Å²) in [4.78, 5) is 35.6. The third-order valence-corrected chi connectivity index (χ3v) is 3.56. The Morgan fingerprint density at radius 3 is 2.86 bits per heavy atom. The van der Waals surface area contributed by atoms with Crippen molar-refractivity contribution in [3.63, 3.8) is 0 Å². The minimum atomic E-state index is -0.778. The van der Waals surface area contributed by atoms with Gasteiger partial charge in [-0.3, -0.25) is 14.5 Å². The number of benzene rings is 1. The molecule has 0 spiro atoms. The highest BCUT2D eigenvalue weighted by Gasteiger charge is 2.26. The van der Waals surface area contributed by atoms with Crippen LogP contribution in [0.3, 0.4) is 0 Å². The maximum absolute atomic E-state index is 13.5. The molecule has 1 heterocycles. The quantitative estimate of drug-likeness (QED) is 0.603. The molecular formula is C15H13BrFNO4. The van der Waals surface area contributed by atoms with Gasteiger partial charge in [0.15, 0.2) is 6.61 Å². The second-order valence-electron chi connectivity index (χ2n) is 4.65. The molecular weight excluding hydrogens is 357 g/mol. The van der Waals surface area contributed by atoms with Gasteiger partial charge in [-0.05, 0) is 30.7 Å². The van der Waals surface area contributed by atoms with Crippen molar-refractivity contribution in [2.45, 2.75) is 12.8 Å². The van der Waals surface area contributed by atoms with Crippen LogP contribution in [0.1, 0.15) is 18.4 Å². The minimum absolute atomic E-state index is 0.215. The lowest BCUT2D eigenvalue weighted by molar-refractivity contribution is -0.151. The molecule has 116 valence electrons. The Morgan fingerprint density at radius 2 is 2.18 bits per heavy atom. The predicted molar refractivity (Wildman–Crippen MR) is 80.0 cm³/mol. The average Bonchev–Trinajstić information content (AvgIpc) is 2.92. The van der Waals surface area contributed by atoms with Crippen LogP contribution in [0.4, 0.5) is 4.39 Å². The lowest BCUT2D eigenvalue weighted by Gasteiger charge is -2.12. The molecule has 2 amide bonds. The summed E-state index contributed by atoms with van der Waals surface area (Å²) in [6, 6.07) is 4.31. The van der Waals surface area contributed by atoms with E-state index in [9.17, 15) is 18.8 Å². The van der Waals surface area contributed by atoms with E-state index in [0.717, 1.165) is 11.0 Å². The van der Waals surface area contributed by atoms with E-state index in [1.165, 1.54) is 24.3 Å². The lowest BCUT2D eigenvalue weighted by atomic mass is 10.2. The number of imide groups is 1. The highest BCUT2D eigenvalue weighted by atomic mass is 79.9. The van der Waals surface area contributed by atoms with Crippen LogP contribution >= 0.6 is 15.9 Å². The average molecular weight is 370 g/mol. The van der Waals surface area contributed by atoms with Crippen LogP contribution < -0.4 is 0 Å². The molecule has 1 aromatic rings. The molecule has 0 unspecified atom stereocenters. The second-order valence-corrected chi connectivity index (χ2v) is 5.57. The highest BCUT2D eigenvalue weighted by Crippen LogP contribution is 2.16. The van der Waals surface area contributed by atoms with Crippen LogP contribution in [0.25, 0.3) is 6.08 Å². The fourth-order valence-corrected chi connectivity index (χ4v) is 2.35. The topological polar surface area (TPSA) is 63.7 Å². The first-order valence-corrected chi connectivity index (χ1v) is 7.40. The Hall–Kier alpha value is -2.02. The number of likely N-dealkylation sites (tertiary alicyclic amines) is 1. The van der Waals surface area contributed by atoms with Crippen molar-refractivity contribution in [3.8, 4) is 0 Å². The Morgan fingerprint density at radius 1 is 1.41 bits per heavy atom. The van der Waals surface area contributed by atoms with Crippen molar-refractivity contribution in [1.82, 2.24) is 4.90 Å². The van der Waals surface area contributed by atoms with Gasteiger partial charge in [-0.2, -0.15) is 0 Å². The predicted octanol–water partition coefficient (Wildman–Crippen LogP) is 2.29. The first-order valence-electron chi connectivity index (χ1n) is 6.60. The fourth-order valence-electron chi connectivity index (χ4n) is 1.97. The third-order valence-electron chi connectivity index (χ3n) is 3.07. The number of amides is 2. The van der Waals surface area contributed by atoms with E-state index < -0.39 is 24.3 Å². The maximum Gasteiger partial charge on any atom is 0.331 e. The van der Waals surface area contributed by atoms with Crippen LogP contribution in [0.5, 0.6) is 0 Å². The van der Waals surface area contributed by atoms with E-state index in [4.69, 9.17) is 4.74 Å². The number of esters is 1. The molecule has 22 heavy (non-hydrogen) atoms. The van der Waals surface area contributed by atoms with Gasteiger partial charge in [0.1, 0.15) is 5.82 Å². The zero-order valence-corrected chi connectivity index (χ0v) is 13.1. The molecule has 0 aliphatic carbocycles. The molecule has 1 aliphatic heterocycles. The number of hydrogen-bond acceptors (Lipinski definition) is 4. The molecule has 0 atom stereocenters. The van der Waals surface area contributed by atoms with Gasteiger partial charge in [0.05, 0.1) is 0 Å². The monoisotopic (exact) mass is 369 g/mol. The first-order chi connectivity index (χ1) is 10.5. The summed E-state index contributed by atoms with van der Waals surface area (Å²) in [6.45, 7) is -0.149. The molecule has 2 rings (SSSR count). The third kappa shape index (κ3) is 4.24. The number of carbonyl (C=O) groups excluding carboxylic acids is 3. The highest BCUT2D eigenvalue weighted by molar-refractivity contribution is 9.10. The van der Waals surface area contributed by atoms with E-state index in [1.54, 1.807) is 0 Å². The summed E-state index contributed by atoms with van der Waals surface area (Å²) in [5.41, 5.74) is 0.215. The summed E-state index contributed by atoms with van der Waals surface area (Å²) in [7, 11) is 0. The lowest BCUT2D eigenvalue weighted by Crippen LogP contribution is -2.35. The minimum Gasteiger partial charge on any atom is -0.452 e. The number of nitrogens with zero attached hydrogens (tertiary/aromatic N) is 1. The number of ether oxygens (including phenoxy) is 1. The number of hydrogen-bond donors (Lipinski definition) is 0. The summed E-state index contributed by atoms with van der Waals surface area (Å²) in [6.07, 6.45) is 3.25. The van der Waals surface area contributed by atoms with E-state index in [1.807, 2.05) is 0 Å². The standard InChI is InChI=1S/C15H13BrFNO4/c16-11-4-5-12(17)10(8-11)3-6-15(21)22-9-14(20)18-7-1-2-13(18)19/h3-6,8H,1-2,7,9H2/b6-3-. The van der Waals surface area contributed by atoms with E-state index in [2.05, 4.69) is 15.9 Å². The Balaban J connectivity index is 1.87. The fraction of sp³-hybridized carbons (Fsp3) is 0.267. The normalized spacial score (nSPS) is 14.6. The molecule has 7 heteroatoms. The van der Waals surface area contributed by atoms with Gasteiger partial charge in [-0.25, -0.2) is 9.18 Å². The summed E-state index contributed by atoms with van der Waals surface area (Å²) in [5.74, 6) is -2.06. The Kier molecular flexibility index (Phi) is 5.43. The van der Waals surface area contributed by atoms with Crippen molar-refractivity contribution in [2.75, 3.05) is 13.2 Å². The molecule has 1 aliphatic rings. The number of rotatable bonds is 4. The van der Waals surface area contributed by atoms with E-state index >= 15 is 0 Å². The zero-order chi connectivity index (χ0) is 16.1. The van der Waals surface area contributed by atoms with Crippen LogP contribution in [-0.2, 0) is 19.1 Å². The van der Waals surface area contributed by atoms with Crippen LogP contribution in [0, 0.1) is 5.82 Å². The maximum atomic E-state index is 13.5. The van der Waals surface area contributed by atoms with Crippen molar-refractivity contribution in [1.29, 1.82) is 0 Å². The molecule has 1 fully saturated rings. The Labute approximate surface area is 134 Å². The molecule has 1 aromatic carbocycles. The van der Waals surface area contributed by atoms with E-state index in [-0.39, 0.29) is 11.5 Å². The number of carbonyl (C=O) groups is 3. The second kappa shape index (κ2) is 7.31. The van der Waals surface area contributed by atoms with Crippen LogP contribution in [-0.4, -0.2) is 35.8 Å². The van der Waals surface area contributed by atoms with Gasteiger partial charge in [0, 0.05) is 29.1 Å². The smallest absolute Gasteiger partial charge is 0.331 e. The van der Waals surface area contributed by atoms with Crippen molar-refractivity contribution < 1.29 is 23.5 Å². The summed E-state index contributed by atoms with van der Waals surface area (Å²) in [5, 5.41) is 0.